The second kappa shape index (κ2) is 8.13. The summed E-state index contributed by atoms with van der Waals surface area (Å²) in [7, 11) is 0. The summed E-state index contributed by atoms with van der Waals surface area (Å²) in [5.41, 5.74) is 0.661. The third-order valence-corrected chi connectivity index (χ3v) is 5.00. The summed E-state index contributed by atoms with van der Waals surface area (Å²) in [6, 6.07) is 9.77. The summed E-state index contributed by atoms with van der Waals surface area (Å²) in [4.78, 5) is 12.8. The lowest BCUT2D eigenvalue weighted by molar-refractivity contribution is -0.277. The minimum atomic E-state index is -1.57. The molecule has 9 heteroatoms. The minimum Gasteiger partial charge on any atom is -0.463 e. The highest BCUT2D eigenvalue weighted by molar-refractivity contribution is 5.82. The largest absolute Gasteiger partial charge is 0.463 e. The first-order chi connectivity index (χ1) is 14.4. The van der Waals surface area contributed by atoms with Gasteiger partial charge >= 0.3 is 0 Å². The highest BCUT2D eigenvalue weighted by Crippen LogP contribution is 2.27. The normalized spacial score (nSPS) is 26.6. The first kappa shape index (κ1) is 20.5. The molecule has 2 heterocycles. The number of hydrogen-bond donors (Lipinski definition) is 4. The van der Waals surface area contributed by atoms with E-state index in [1.165, 1.54) is 48.7 Å². The Morgan fingerprint density at radius 2 is 1.73 bits per heavy atom. The van der Waals surface area contributed by atoms with Crippen molar-refractivity contribution in [1.29, 1.82) is 0 Å². The van der Waals surface area contributed by atoms with E-state index in [1.54, 1.807) is 0 Å². The number of aliphatic hydroxyl groups is 4. The van der Waals surface area contributed by atoms with Crippen molar-refractivity contribution in [2.75, 3.05) is 6.61 Å². The number of halogens is 1. The van der Waals surface area contributed by atoms with Crippen LogP contribution in [0.25, 0.3) is 22.1 Å². The van der Waals surface area contributed by atoms with Crippen molar-refractivity contribution in [3.8, 4) is 16.9 Å². The average Bonchev–Trinajstić information content (AvgIpc) is 2.75. The summed E-state index contributed by atoms with van der Waals surface area (Å²) >= 11 is 0. The van der Waals surface area contributed by atoms with Gasteiger partial charge in [0.15, 0.2) is 5.43 Å². The molecule has 4 N–H and O–H groups in total. The third-order valence-electron chi connectivity index (χ3n) is 5.00. The van der Waals surface area contributed by atoms with E-state index in [-0.39, 0.29) is 27.7 Å². The van der Waals surface area contributed by atoms with Crippen LogP contribution in [0.4, 0.5) is 4.39 Å². The van der Waals surface area contributed by atoms with Crippen LogP contribution in [0.1, 0.15) is 0 Å². The Balaban J connectivity index is 1.62. The fourth-order valence-electron chi connectivity index (χ4n) is 3.31. The van der Waals surface area contributed by atoms with Gasteiger partial charge in [-0.1, -0.05) is 12.1 Å². The van der Waals surface area contributed by atoms with E-state index in [1.807, 2.05) is 0 Å². The van der Waals surface area contributed by atoms with Crippen molar-refractivity contribution < 1.29 is 38.7 Å². The predicted octanol–water partition coefficient (Wildman–Crippen LogP) is 0.778. The second-order valence-electron chi connectivity index (χ2n) is 6.96. The van der Waals surface area contributed by atoms with E-state index in [2.05, 4.69) is 0 Å². The lowest BCUT2D eigenvalue weighted by Gasteiger charge is -2.39. The Bertz CT molecular complexity index is 1090. The third kappa shape index (κ3) is 3.69. The van der Waals surface area contributed by atoms with Crippen LogP contribution in [0.3, 0.4) is 0 Å². The Kier molecular flexibility index (Phi) is 5.54. The smallest absolute Gasteiger partial charge is 0.229 e. The minimum absolute atomic E-state index is 0.171. The Morgan fingerprint density at radius 1 is 1.00 bits per heavy atom. The maximum absolute atomic E-state index is 13.1. The van der Waals surface area contributed by atoms with Crippen LogP contribution in [-0.2, 0) is 4.74 Å². The SMILES string of the molecule is O=c1c(-c2ccc(F)cc2)coc2cc(O[C@@H]3O[C@@H](CO)[C@@H](O)[C@@H](O)[C@@H]3O)ccc12. The lowest BCUT2D eigenvalue weighted by Crippen LogP contribution is -2.60. The van der Waals surface area contributed by atoms with Gasteiger partial charge in [0.05, 0.1) is 17.6 Å². The number of benzene rings is 2. The van der Waals surface area contributed by atoms with Gasteiger partial charge in [0.2, 0.25) is 6.29 Å². The quantitative estimate of drug-likeness (QED) is 0.489. The van der Waals surface area contributed by atoms with Gasteiger partial charge in [0.1, 0.15) is 47.8 Å². The first-order valence-corrected chi connectivity index (χ1v) is 9.17. The van der Waals surface area contributed by atoms with Gasteiger partial charge in [-0.3, -0.25) is 4.79 Å². The van der Waals surface area contributed by atoms with Crippen molar-refractivity contribution in [3.05, 3.63) is 64.8 Å². The average molecular weight is 418 g/mol. The Morgan fingerprint density at radius 3 is 2.43 bits per heavy atom. The fourth-order valence-corrected chi connectivity index (χ4v) is 3.31. The molecule has 158 valence electrons. The van der Waals surface area contributed by atoms with E-state index in [9.17, 15) is 29.6 Å². The molecule has 1 fully saturated rings. The number of aliphatic hydroxyl groups excluding tert-OH is 4. The molecule has 1 aliphatic rings. The zero-order chi connectivity index (χ0) is 21.4. The molecular weight excluding hydrogens is 399 g/mol. The Hall–Kier alpha value is -2.82. The van der Waals surface area contributed by atoms with Gasteiger partial charge < -0.3 is 34.3 Å². The molecule has 0 saturated carbocycles. The van der Waals surface area contributed by atoms with Gasteiger partial charge in [-0.05, 0) is 29.8 Å². The van der Waals surface area contributed by atoms with Crippen LogP contribution in [-0.4, -0.2) is 57.7 Å². The summed E-state index contributed by atoms with van der Waals surface area (Å²) < 4.78 is 29.5. The van der Waals surface area contributed by atoms with E-state index < -0.39 is 43.1 Å². The number of rotatable bonds is 4. The van der Waals surface area contributed by atoms with Gasteiger partial charge in [-0.25, -0.2) is 4.39 Å². The molecular formula is C21H19FO8. The molecule has 1 aromatic heterocycles. The van der Waals surface area contributed by atoms with Crippen molar-refractivity contribution in [2.24, 2.45) is 0 Å². The van der Waals surface area contributed by atoms with Crippen molar-refractivity contribution in [2.45, 2.75) is 30.7 Å². The first-order valence-electron chi connectivity index (χ1n) is 9.17. The van der Waals surface area contributed by atoms with Crippen molar-refractivity contribution in [3.63, 3.8) is 0 Å². The molecule has 0 amide bonds. The number of ether oxygens (including phenoxy) is 2. The monoisotopic (exact) mass is 418 g/mol. The van der Waals surface area contributed by atoms with Crippen LogP contribution in [0, 0.1) is 5.82 Å². The fraction of sp³-hybridized carbons (Fsp3) is 0.286. The summed E-state index contributed by atoms with van der Waals surface area (Å²) in [5.74, 6) is -0.247. The standard InChI is InChI=1S/C21H19FO8/c22-11-3-1-10(2-4-11)14-9-28-15-7-12(5-6-13(15)17(14)24)29-21-20(27)19(26)18(25)16(8-23)30-21/h1-7,9,16,18-21,23,25-27H,8H2/t16-,18+,19+,20-,21+/m0/s1. The molecule has 0 bridgehead atoms. The van der Waals surface area contributed by atoms with Crippen LogP contribution in [0.15, 0.2) is 57.9 Å². The second-order valence-corrected chi connectivity index (χ2v) is 6.96. The van der Waals surface area contributed by atoms with E-state index in [4.69, 9.17) is 13.9 Å². The highest BCUT2D eigenvalue weighted by atomic mass is 19.1. The maximum Gasteiger partial charge on any atom is 0.229 e. The number of hydrogen-bond acceptors (Lipinski definition) is 8. The summed E-state index contributed by atoms with van der Waals surface area (Å²) in [5, 5.41) is 39.3. The van der Waals surface area contributed by atoms with Crippen molar-refractivity contribution in [1.82, 2.24) is 0 Å². The predicted molar refractivity (Wildman–Crippen MR) is 102 cm³/mol. The van der Waals surface area contributed by atoms with Gasteiger partial charge in [-0.2, -0.15) is 0 Å². The molecule has 0 spiro atoms. The van der Waals surface area contributed by atoms with Gasteiger partial charge in [0.25, 0.3) is 0 Å². The molecule has 0 radical (unpaired) electrons. The van der Waals surface area contributed by atoms with Gasteiger partial charge in [-0.15, -0.1) is 0 Å². The summed E-state index contributed by atoms with van der Waals surface area (Å²) in [6.45, 7) is -0.580. The molecule has 1 saturated heterocycles. The molecule has 0 unspecified atom stereocenters. The van der Waals surface area contributed by atoms with E-state index >= 15 is 0 Å². The molecule has 0 aliphatic carbocycles. The zero-order valence-corrected chi connectivity index (χ0v) is 15.5. The lowest BCUT2D eigenvalue weighted by atomic mass is 9.99. The van der Waals surface area contributed by atoms with Crippen LogP contribution in [0.2, 0.25) is 0 Å². The molecule has 5 atom stereocenters. The van der Waals surface area contributed by atoms with Crippen LogP contribution in [0.5, 0.6) is 5.75 Å². The van der Waals surface area contributed by atoms with Gasteiger partial charge in [0, 0.05) is 6.07 Å². The molecule has 8 nitrogen and oxygen atoms in total. The molecule has 1 aliphatic heterocycles. The van der Waals surface area contributed by atoms with E-state index in [0.29, 0.717) is 5.56 Å². The highest BCUT2D eigenvalue weighted by Gasteiger charge is 2.44. The molecule has 3 aromatic rings. The zero-order valence-electron chi connectivity index (χ0n) is 15.5. The van der Waals surface area contributed by atoms with Crippen LogP contribution >= 0.6 is 0 Å². The molecule has 30 heavy (non-hydrogen) atoms. The summed E-state index contributed by atoms with van der Waals surface area (Å²) in [6.07, 6.45) is -5.84. The Labute approximate surface area is 169 Å². The molecule has 2 aromatic carbocycles. The van der Waals surface area contributed by atoms with Crippen LogP contribution < -0.4 is 10.2 Å². The topological polar surface area (TPSA) is 130 Å². The number of fused-ring (bicyclic) bond motifs is 1. The van der Waals surface area contributed by atoms with E-state index in [0.717, 1.165) is 0 Å². The molecule has 4 rings (SSSR count). The maximum atomic E-state index is 13.1. The van der Waals surface area contributed by atoms with Crippen molar-refractivity contribution >= 4 is 11.0 Å².